The molecule has 6 unspecified atom stereocenters. The Kier molecular flexibility index (Phi) is 27.4. The summed E-state index contributed by atoms with van der Waals surface area (Å²) in [4.78, 5) is 93.0. The molecular weight excluding hydrogens is 1540 g/mol. The monoisotopic (exact) mass is 1610 g/mol. The number of halogens is 9. The molecule has 37 heteroatoms. The van der Waals surface area contributed by atoms with E-state index in [-0.39, 0.29) is 106 Å². The molecule has 25 nitrogen and oxygen atoms in total. The molecule has 3 aromatic heterocycles. The maximum atomic E-state index is 14.3. The van der Waals surface area contributed by atoms with Gasteiger partial charge in [0.15, 0.2) is 32.5 Å². The molecule has 104 heavy (non-hydrogen) atoms. The number of aromatic nitrogens is 3. The molecule has 3 saturated heterocycles. The molecule has 0 radical (unpaired) electrons. The maximum absolute atomic E-state index is 14.3. The maximum Gasteiger partial charge on any atom is 0.338 e. The van der Waals surface area contributed by atoms with Gasteiger partial charge in [-0.1, -0.05) is 57.3 Å². The number of ether oxygens (including phenoxy) is 5. The van der Waals surface area contributed by atoms with Crippen LogP contribution in [0.3, 0.4) is 0 Å². The van der Waals surface area contributed by atoms with E-state index >= 15 is 0 Å². The molecule has 554 valence electrons. The second kappa shape index (κ2) is 36.3. The van der Waals surface area contributed by atoms with Gasteiger partial charge >= 0.3 is 29.8 Å². The number of benzene rings is 3. The molecule has 9 atom stereocenters. The molecule has 0 aliphatic carbocycles. The lowest BCUT2D eigenvalue weighted by Crippen LogP contribution is -2.61. The lowest BCUT2D eigenvalue weighted by molar-refractivity contribution is -0.145. The Labute approximate surface area is 621 Å². The number of nitrogens with one attached hydrogen (secondary N) is 3. The van der Waals surface area contributed by atoms with Gasteiger partial charge in [0.05, 0.1) is 67.9 Å². The smallest absolute Gasteiger partial charge is 0.338 e. The highest BCUT2D eigenvalue weighted by atomic mass is 79.9. The van der Waals surface area contributed by atoms with Crippen LogP contribution in [0.1, 0.15) is 70.6 Å². The zero-order valence-electron chi connectivity index (χ0n) is 55.3. The molecule has 6 aromatic rings. The van der Waals surface area contributed by atoms with Gasteiger partial charge in [-0.15, -0.1) is 34.0 Å². The predicted molar refractivity (Wildman–Crippen MR) is 376 cm³/mol. The van der Waals surface area contributed by atoms with Gasteiger partial charge in [0.1, 0.15) is 67.3 Å². The van der Waals surface area contributed by atoms with E-state index in [1.807, 2.05) is 0 Å². The quantitative estimate of drug-likeness (QED) is 0.0168. The van der Waals surface area contributed by atoms with Crippen molar-refractivity contribution in [3.05, 3.63) is 187 Å². The first-order valence-corrected chi connectivity index (χ1v) is 36.3. The number of likely N-dealkylation sites (tertiary alicyclic amines) is 3. The van der Waals surface area contributed by atoms with Crippen molar-refractivity contribution in [1.82, 2.24) is 45.6 Å². The number of alkyl halides is 3. The van der Waals surface area contributed by atoms with Gasteiger partial charge in [-0.25, -0.2) is 65.3 Å². The summed E-state index contributed by atoms with van der Waals surface area (Å²) in [5.41, 5.74) is 3.18. The Hall–Kier alpha value is -8.07. The summed E-state index contributed by atoms with van der Waals surface area (Å²) in [5, 5.41) is 44.1. The molecule has 6 aliphatic rings. The number of aliphatic hydroxyl groups excluding tert-OH is 1. The van der Waals surface area contributed by atoms with Gasteiger partial charge in [0.25, 0.3) is 0 Å². The van der Waals surface area contributed by atoms with Crippen molar-refractivity contribution in [2.45, 2.75) is 75.6 Å². The number of carboxylic acids is 2. The first-order chi connectivity index (χ1) is 49.9. The number of nitrogens with zero attached hydrogens (tertiary/aromatic N) is 9. The Balaban J connectivity index is 0.000000168. The molecule has 6 aliphatic heterocycles. The lowest BCUT2D eigenvalue weighted by Gasteiger charge is -2.44. The van der Waals surface area contributed by atoms with E-state index in [9.17, 15) is 55.4 Å². The molecule has 12 rings (SSSR count). The highest BCUT2D eigenvalue weighted by Gasteiger charge is 2.45. The summed E-state index contributed by atoms with van der Waals surface area (Å²) in [6, 6.07) is 7.76. The van der Waals surface area contributed by atoms with Crippen LogP contribution in [0.25, 0.3) is 0 Å². The Morgan fingerprint density at radius 1 is 0.538 bits per heavy atom. The summed E-state index contributed by atoms with van der Waals surface area (Å²) in [6.07, 6.45) is -0.0477. The van der Waals surface area contributed by atoms with Gasteiger partial charge in [0, 0.05) is 123 Å². The lowest BCUT2D eigenvalue weighted by atomic mass is 9.93. The average Bonchev–Trinajstić information content (AvgIpc) is 1.50. The predicted octanol–water partition coefficient (Wildman–Crippen LogP) is 8.90. The van der Waals surface area contributed by atoms with E-state index in [1.54, 1.807) is 76.3 Å². The second-order valence-corrected chi connectivity index (χ2v) is 27.8. The van der Waals surface area contributed by atoms with Crippen LogP contribution in [-0.4, -0.2) is 221 Å². The van der Waals surface area contributed by atoms with E-state index in [4.69, 9.17) is 62.1 Å². The normalized spacial score (nSPS) is 22.5. The summed E-state index contributed by atoms with van der Waals surface area (Å²) in [6.45, 7) is 4.71. The number of aliphatic imine (C=N–C) groups is 3. The van der Waals surface area contributed by atoms with E-state index in [1.165, 1.54) is 70.4 Å². The van der Waals surface area contributed by atoms with Crippen LogP contribution in [0, 0.1) is 17.5 Å². The van der Waals surface area contributed by atoms with Crippen LogP contribution in [0.15, 0.2) is 143 Å². The minimum atomic E-state index is -1.38. The Morgan fingerprint density at radius 2 is 0.904 bits per heavy atom. The number of carboxylic acid groups (broad SMARTS) is 2. The molecule has 0 bridgehead atoms. The number of thiazole rings is 3. The number of rotatable bonds is 26. The molecular formula is C67H67BrCl2F6N12O13S3. The third-order valence-corrected chi connectivity index (χ3v) is 20.2. The summed E-state index contributed by atoms with van der Waals surface area (Å²) in [5.74, 6) is -4.49. The summed E-state index contributed by atoms with van der Waals surface area (Å²) in [7, 11) is 0. The van der Waals surface area contributed by atoms with E-state index in [0.29, 0.717) is 70.8 Å². The average molecular weight is 1610 g/mol. The highest BCUT2D eigenvalue weighted by Crippen LogP contribution is 2.42. The minimum Gasteiger partial charge on any atom is -0.480 e. The van der Waals surface area contributed by atoms with Crippen LogP contribution in [0.2, 0.25) is 10.0 Å². The number of hydrogen-bond donors (Lipinski definition) is 6. The number of aliphatic hydroxyl groups is 1. The third kappa shape index (κ3) is 19.3. The fourth-order valence-electron chi connectivity index (χ4n) is 11.7. The van der Waals surface area contributed by atoms with Crippen molar-refractivity contribution in [3.63, 3.8) is 0 Å². The molecule has 0 spiro atoms. The number of hydrogen-bond acceptors (Lipinski definition) is 26. The van der Waals surface area contributed by atoms with Crippen LogP contribution in [0.4, 0.5) is 26.3 Å². The Bertz CT molecular complexity index is 4110. The number of aliphatic carboxylic acids is 2. The second-order valence-electron chi connectivity index (χ2n) is 23.5. The van der Waals surface area contributed by atoms with Crippen LogP contribution in [0.5, 0.6) is 0 Å². The van der Waals surface area contributed by atoms with Crippen LogP contribution < -0.4 is 16.0 Å². The number of esters is 3. The number of carbonyl (C=O) groups excluding carboxylic acids is 3. The van der Waals surface area contributed by atoms with Gasteiger partial charge in [-0.2, -0.15) is 0 Å². The zero-order valence-corrected chi connectivity index (χ0v) is 60.9. The Morgan fingerprint density at radius 3 is 1.22 bits per heavy atom. The zero-order chi connectivity index (χ0) is 74.5. The molecule has 6 N–H and O–H groups in total. The van der Waals surface area contributed by atoms with Crippen molar-refractivity contribution >= 4 is 120 Å². The standard InChI is InChI=1S/C23H23BrF2N4O5S.C23H23ClF2N4O5S.C21H21ClF2N4O3S/c2*1-2-35-23(33)19-16(9-30-8-15(26)17(30)10-34-11-18(31)32)28-21(22-27-5-6-36-22)29-20(19)13-4-3-12(25)7-14(13)24;1-2-31-21(30)17-15(9-28-8-14(24)16(29)10-28)26-19(20-25-5-6-32-20)27-18(17)12-4-3-11(23)7-13(12)22/h2*3-7,15,17,20H,2,8-11H2,1H3,(H,28,29)(H,31,32);3-7,14,16,18,29H,2,8-10H2,1H3,(H,26,27)/t2*15?,17?,20-;14?,16?,18-/m000/s1. The first-order valence-electron chi connectivity index (χ1n) is 32.1. The largest absolute Gasteiger partial charge is 0.480 e. The molecule has 3 aromatic carbocycles. The van der Waals surface area contributed by atoms with Gasteiger partial charge in [-0.05, 0) is 62.7 Å². The van der Waals surface area contributed by atoms with Gasteiger partial charge in [0.2, 0.25) is 0 Å². The fraction of sp³-hybridized carbons (Fsp3) is 0.388. The van der Waals surface area contributed by atoms with E-state index in [0.717, 1.165) is 12.1 Å². The van der Waals surface area contributed by atoms with Crippen molar-refractivity contribution < 1.29 is 89.3 Å². The van der Waals surface area contributed by atoms with Crippen molar-refractivity contribution in [2.75, 3.05) is 92.1 Å². The van der Waals surface area contributed by atoms with Crippen molar-refractivity contribution in [3.8, 4) is 0 Å². The highest BCUT2D eigenvalue weighted by molar-refractivity contribution is 9.10. The molecule has 0 amide bonds. The number of carbonyl (C=O) groups is 5. The first kappa shape index (κ1) is 78.5. The van der Waals surface area contributed by atoms with Crippen LogP contribution >= 0.6 is 73.1 Å². The summed E-state index contributed by atoms with van der Waals surface area (Å²) < 4.78 is 111. The van der Waals surface area contributed by atoms with Gasteiger partial charge in [-0.3, -0.25) is 29.7 Å². The van der Waals surface area contributed by atoms with E-state index in [2.05, 4.69) is 56.8 Å². The topological polar surface area (TPSA) is 314 Å². The summed E-state index contributed by atoms with van der Waals surface area (Å²) >= 11 is 20.1. The number of amidine groups is 3. The van der Waals surface area contributed by atoms with E-state index < -0.39 is 115 Å². The third-order valence-electron chi connectivity index (χ3n) is 16.6. The van der Waals surface area contributed by atoms with Crippen molar-refractivity contribution in [1.29, 1.82) is 0 Å². The SMILES string of the molecule is CCOC(=O)C1=C(CN2CC(F)C2COCC(=O)O)NC(c2nccs2)=N[C@H]1c1ccc(F)cc1Br.CCOC(=O)C1=C(CN2CC(F)C2COCC(=O)O)NC(c2nccs2)=N[C@H]1c1ccc(F)cc1Cl.CCOC(=O)C1=C(CN2CC(O)C(F)C2)NC(c2nccs2)=N[C@H]1c1ccc(F)cc1Cl. The van der Waals surface area contributed by atoms with Gasteiger partial charge < -0.3 is 55.0 Å². The van der Waals surface area contributed by atoms with Crippen molar-refractivity contribution in [2.24, 2.45) is 15.0 Å². The van der Waals surface area contributed by atoms with Crippen LogP contribution in [-0.2, 0) is 47.7 Å². The molecule has 9 heterocycles. The fourth-order valence-corrected chi connectivity index (χ4v) is 14.6. The minimum absolute atomic E-state index is 0.0220. The number of β-amino-alcohol motifs (C(OH)–C–C–N with tert-alkyl or cyclic N) is 1. The molecule has 0 saturated carbocycles. The molecule has 3 fully saturated rings.